The fourth-order valence-corrected chi connectivity index (χ4v) is 6.39. The zero-order valence-corrected chi connectivity index (χ0v) is 28.1. The van der Waals surface area contributed by atoms with Gasteiger partial charge in [0.05, 0.1) is 19.7 Å². The summed E-state index contributed by atoms with van der Waals surface area (Å²) in [5.41, 5.74) is 4.02. The van der Waals surface area contributed by atoms with Gasteiger partial charge in [0.1, 0.15) is 5.69 Å². The molecular formula is C37H45N7O4. The highest BCUT2D eigenvalue weighted by Gasteiger charge is 2.22. The van der Waals surface area contributed by atoms with E-state index in [1.165, 1.54) is 5.56 Å². The average Bonchev–Trinajstić information content (AvgIpc) is 3.12. The van der Waals surface area contributed by atoms with Gasteiger partial charge in [-0.05, 0) is 55.8 Å². The number of amides is 2. The van der Waals surface area contributed by atoms with Crippen LogP contribution in [-0.2, 0) is 11.3 Å². The normalized spacial score (nSPS) is 16.1. The number of nitrogens with zero attached hydrogens (tertiary/aromatic N) is 5. The molecule has 2 aliphatic heterocycles. The summed E-state index contributed by atoms with van der Waals surface area (Å²) < 4.78 is 11.0. The van der Waals surface area contributed by atoms with Gasteiger partial charge in [-0.1, -0.05) is 30.3 Å². The van der Waals surface area contributed by atoms with Crippen molar-refractivity contribution in [1.29, 1.82) is 0 Å². The monoisotopic (exact) mass is 651 g/mol. The van der Waals surface area contributed by atoms with Crippen molar-refractivity contribution in [2.24, 2.45) is 0 Å². The quantitative estimate of drug-likeness (QED) is 0.249. The molecule has 0 aliphatic carbocycles. The zero-order valence-electron chi connectivity index (χ0n) is 28.1. The summed E-state index contributed by atoms with van der Waals surface area (Å²) in [4.78, 5) is 43.1. The van der Waals surface area contributed by atoms with Crippen LogP contribution in [0.3, 0.4) is 0 Å². The number of fused-ring (bicyclic) bond motifs is 1. The Balaban J connectivity index is 1.10. The van der Waals surface area contributed by atoms with Crippen LogP contribution in [0.4, 0.5) is 5.69 Å². The molecule has 0 unspecified atom stereocenters. The molecule has 0 spiro atoms. The number of likely N-dealkylation sites (tertiary alicyclic amines) is 1. The number of aromatic nitrogens is 2. The van der Waals surface area contributed by atoms with Crippen molar-refractivity contribution in [2.45, 2.75) is 31.8 Å². The molecule has 0 bridgehead atoms. The van der Waals surface area contributed by atoms with E-state index in [1.807, 2.05) is 18.2 Å². The van der Waals surface area contributed by atoms with E-state index in [4.69, 9.17) is 19.4 Å². The number of piperidine rings is 1. The molecule has 2 fully saturated rings. The van der Waals surface area contributed by atoms with Gasteiger partial charge >= 0.3 is 0 Å². The number of nitrogens with one attached hydrogen (secondary N) is 2. The first kappa shape index (κ1) is 33.2. The van der Waals surface area contributed by atoms with Gasteiger partial charge < -0.3 is 29.9 Å². The van der Waals surface area contributed by atoms with Crippen LogP contribution in [0.1, 0.15) is 35.3 Å². The minimum absolute atomic E-state index is 0.0723. The molecule has 11 nitrogen and oxygen atoms in total. The van der Waals surface area contributed by atoms with E-state index in [9.17, 15) is 9.59 Å². The Morgan fingerprint density at radius 3 is 2.23 bits per heavy atom. The number of carbonyl (C=O) groups is 2. The van der Waals surface area contributed by atoms with Crippen LogP contribution in [0.2, 0.25) is 0 Å². The number of carbonyl (C=O) groups excluding carboxylic acids is 2. The van der Waals surface area contributed by atoms with E-state index in [1.54, 1.807) is 26.4 Å². The lowest BCUT2D eigenvalue weighted by atomic mass is 10.0. The van der Waals surface area contributed by atoms with Gasteiger partial charge in [0.25, 0.3) is 5.91 Å². The van der Waals surface area contributed by atoms with E-state index in [2.05, 4.69) is 68.8 Å². The Morgan fingerprint density at radius 1 is 0.854 bits per heavy atom. The van der Waals surface area contributed by atoms with E-state index in [-0.39, 0.29) is 36.5 Å². The molecule has 2 amide bonds. The number of piperazine rings is 1. The summed E-state index contributed by atoms with van der Waals surface area (Å²) in [6.45, 7) is 6.98. The Bertz CT molecular complexity index is 1700. The smallest absolute Gasteiger partial charge is 0.270 e. The second-order valence-corrected chi connectivity index (χ2v) is 12.6. The largest absolute Gasteiger partial charge is 0.493 e. The average molecular weight is 652 g/mol. The molecule has 2 N–H and O–H groups in total. The number of rotatable bonds is 11. The second-order valence-electron chi connectivity index (χ2n) is 12.6. The Hall–Kier alpha value is -4.74. The van der Waals surface area contributed by atoms with Gasteiger partial charge in [-0.2, -0.15) is 0 Å². The maximum Gasteiger partial charge on any atom is 0.270 e. The molecule has 3 heterocycles. The lowest BCUT2D eigenvalue weighted by Gasteiger charge is -2.34. The molecule has 11 heteroatoms. The number of benzene rings is 3. The molecule has 0 saturated carbocycles. The van der Waals surface area contributed by atoms with E-state index >= 15 is 0 Å². The highest BCUT2D eigenvalue weighted by atomic mass is 16.5. The van der Waals surface area contributed by atoms with Gasteiger partial charge in [0, 0.05) is 87.5 Å². The summed E-state index contributed by atoms with van der Waals surface area (Å²) in [5, 5.41) is 6.61. The molecule has 2 saturated heterocycles. The van der Waals surface area contributed by atoms with Crippen molar-refractivity contribution < 1.29 is 19.1 Å². The Labute approximate surface area is 282 Å². The fraction of sp³-hybridized carbons (Fsp3) is 0.405. The summed E-state index contributed by atoms with van der Waals surface area (Å²) in [5.74, 6) is 0.958. The third-order valence-electron chi connectivity index (χ3n) is 9.25. The fourth-order valence-electron chi connectivity index (χ4n) is 6.39. The van der Waals surface area contributed by atoms with Crippen molar-refractivity contribution in [2.75, 3.05) is 72.0 Å². The van der Waals surface area contributed by atoms with Crippen molar-refractivity contribution in [1.82, 2.24) is 30.4 Å². The maximum atomic E-state index is 13.6. The van der Waals surface area contributed by atoms with Gasteiger partial charge in [-0.25, -0.2) is 9.97 Å². The van der Waals surface area contributed by atoms with Crippen LogP contribution < -0.4 is 25.0 Å². The second kappa shape index (κ2) is 15.4. The van der Waals surface area contributed by atoms with Crippen LogP contribution >= 0.6 is 0 Å². The molecular weight excluding hydrogens is 606 g/mol. The van der Waals surface area contributed by atoms with E-state index in [0.717, 1.165) is 69.9 Å². The number of likely N-dealkylation sites (N-methyl/N-ethyl adjacent to an activating group) is 1. The lowest BCUT2D eigenvalue weighted by Crippen LogP contribution is -2.45. The molecule has 2 aliphatic rings. The first-order valence-corrected chi connectivity index (χ1v) is 16.7. The van der Waals surface area contributed by atoms with E-state index in [0.29, 0.717) is 28.2 Å². The molecule has 3 aromatic carbocycles. The number of anilines is 1. The topological polar surface area (TPSA) is 112 Å². The first-order valence-electron chi connectivity index (χ1n) is 16.7. The minimum Gasteiger partial charge on any atom is -0.493 e. The van der Waals surface area contributed by atoms with Gasteiger partial charge in [-0.3, -0.25) is 14.5 Å². The van der Waals surface area contributed by atoms with Crippen molar-refractivity contribution in [3.8, 4) is 22.9 Å². The van der Waals surface area contributed by atoms with Crippen LogP contribution in [0.15, 0.2) is 66.7 Å². The third-order valence-corrected chi connectivity index (χ3v) is 9.25. The van der Waals surface area contributed by atoms with E-state index < -0.39 is 0 Å². The highest BCUT2D eigenvalue weighted by Crippen LogP contribution is 2.34. The maximum absolute atomic E-state index is 13.6. The summed E-state index contributed by atoms with van der Waals surface area (Å²) in [6.07, 6.45) is 1.99. The number of hydrogen-bond acceptors (Lipinski definition) is 9. The van der Waals surface area contributed by atoms with Crippen LogP contribution in [-0.4, -0.2) is 105 Å². The summed E-state index contributed by atoms with van der Waals surface area (Å²) >= 11 is 0. The predicted molar refractivity (Wildman–Crippen MR) is 188 cm³/mol. The predicted octanol–water partition coefficient (Wildman–Crippen LogP) is 3.97. The Kier molecular flexibility index (Phi) is 10.7. The van der Waals surface area contributed by atoms with Crippen molar-refractivity contribution >= 4 is 28.4 Å². The van der Waals surface area contributed by atoms with Crippen LogP contribution in [0.5, 0.6) is 11.5 Å². The van der Waals surface area contributed by atoms with Crippen molar-refractivity contribution in [3.05, 3.63) is 78.0 Å². The van der Waals surface area contributed by atoms with Crippen molar-refractivity contribution in [3.63, 3.8) is 0 Å². The lowest BCUT2D eigenvalue weighted by molar-refractivity contribution is -0.122. The Morgan fingerprint density at radius 2 is 1.54 bits per heavy atom. The first-order chi connectivity index (χ1) is 23.4. The number of methoxy groups -OCH3 is 2. The number of hydrogen-bond donors (Lipinski definition) is 2. The molecule has 6 rings (SSSR count). The van der Waals surface area contributed by atoms with Gasteiger partial charge in [0.15, 0.2) is 17.3 Å². The standard InChI is InChI=1S/C37H45N7O4/c1-42-19-21-44(22-20-42)29-11-9-27(10-12-29)36-40-31-24-33(48-3)32(47-2)23-30(31)35(41-36)37(46)38-16-13-34(45)39-28-14-17-43(18-15-28)25-26-7-5-4-6-8-26/h4-12,23-24,28H,13-22,25H2,1-3H3,(H,38,46)(H,39,45). The number of ether oxygens (including phenoxy) is 2. The molecule has 0 radical (unpaired) electrons. The van der Waals surface area contributed by atoms with Gasteiger partial charge in [0.2, 0.25) is 5.91 Å². The summed E-state index contributed by atoms with van der Waals surface area (Å²) in [6, 6.07) is 22.2. The van der Waals surface area contributed by atoms with Crippen LogP contribution in [0.25, 0.3) is 22.3 Å². The minimum atomic E-state index is -0.382. The molecule has 4 aromatic rings. The molecule has 1 aromatic heterocycles. The zero-order chi connectivity index (χ0) is 33.5. The SMILES string of the molecule is COc1cc2nc(-c3ccc(N4CCN(C)CC4)cc3)nc(C(=O)NCCC(=O)NC3CCN(Cc4ccccc4)CC3)c2cc1OC. The molecule has 48 heavy (non-hydrogen) atoms. The highest BCUT2D eigenvalue weighted by molar-refractivity contribution is 6.05. The van der Waals surface area contributed by atoms with Gasteiger partial charge in [-0.15, -0.1) is 0 Å². The van der Waals surface area contributed by atoms with Crippen LogP contribution in [0, 0.1) is 0 Å². The summed E-state index contributed by atoms with van der Waals surface area (Å²) in [7, 11) is 5.25. The molecule has 252 valence electrons. The third kappa shape index (κ3) is 8.03. The molecule has 0 atom stereocenters.